The van der Waals surface area contributed by atoms with E-state index in [-0.39, 0.29) is 0 Å². The number of hydrogen-bond acceptors (Lipinski definition) is 3. The molecule has 1 atom stereocenters. The van der Waals surface area contributed by atoms with Gasteiger partial charge in [0, 0.05) is 18.8 Å². The van der Waals surface area contributed by atoms with Crippen molar-refractivity contribution < 1.29 is 4.74 Å². The minimum absolute atomic E-state index is 0.786. The molecule has 1 unspecified atom stereocenters. The Balaban J connectivity index is 1.97. The topological polar surface area (TPSA) is 12.5 Å². The van der Waals surface area contributed by atoms with Crippen molar-refractivity contribution >= 4 is 12.6 Å². The van der Waals surface area contributed by atoms with Gasteiger partial charge in [0.1, 0.15) is 0 Å². The van der Waals surface area contributed by atoms with Gasteiger partial charge in [0.15, 0.2) is 0 Å². The summed E-state index contributed by atoms with van der Waals surface area (Å²) < 4.78 is 5.40. The van der Waals surface area contributed by atoms with E-state index < -0.39 is 0 Å². The number of thiol groups is 1. The average molecular weight is 203 g/mol. The van der Waals surface area contributed by atoms with E-state index in [9.17, 15) is 0 Å². The van der Waals surface area contributed by atoms with Gasteiger partial charge in [0.25, 0.3) is 0 Å². The van der Waals surface area contributed by atoms with Crippen LogP contribution in [-0.2, 0) is 4.74 Å². The van der Waals surface area contributed by atoms with Gasteiger partial charge >= 0.3 is 0 Å². The Bertz CT molecular complexity index is 132. The maximum absolute atomic E-state index is 5.40. The van der Waals surface area contributed by atoms with Gasteiger partial charge in [-0.15, -0.1) is 0 Å². The minimum atomic E-state index is 0.786. The van der Waals surface area contributed by atoms with Crippen LogP contribution in [-0.4, -0.2) is 43.5 Å². The number of hydrogen-bond donors (Lipinski definition) is 1. The van der Waals surface area contributed by atoms with Gasteiger partial charge in [-0.05, 0) is 18.9 Å². The first-order chi connectivity index (χ1) is 6.36. The van der Waals surface area contributed by atoms with Crippen LogP contribution in [0.3, 0.4) is 0 Å². The van der Waals surface area contributed by atoms with Crippen molar-refractivity contribution in [1.82, 2.24) is 4.90 Å². The number of ether oxygens (including phenoxy) is 1. The lowest BCUT2D eigenvalue weighted by atomic mass is 10.1. The Labute approximate surface area is 87.0 Å². The fourth-order valence-electron chi connectivity index (χ4n) is 1.81. The standard InChI is InChI=1S/C10H21NOS/c1-2-10-3-4-11(9-10)5-6-12-7-8-13/h10,13H,2-9H2,1H3. The molecule has 0 bridgehead atoms. The van der Waals surface area contributed by atoms with Crippen LogP contribution in [0.25, 0.3) is 0 Å². The predicted molar refractivity (Wildman–Crippen MR) is 59.5 cm³/mol. The molecule has 0 saturated carbocycles. The quantitative estimate of drug-likeness (QED) is 0.521. The minimum Gasteiger partial charge on any atom is -0.379 e. The molecule has 0 N–H and O–H groups in total. The Kier molecular flexibility index (Phi) is 5.83. The Morgan fingerprint density at radius 2 is 2.31 bits per heavy atom. The molecule has 1 aliphatic rings. The summed E-state index contributed by atoms with van der Waals surface area (Å²) in [6.07, 6.45) is 2.71. The van der Waals surface area contributed by atoms with E-state index >= 15 is 0 Å². The summed E-state index contributed by atoms with van der Waals surface area (Å²) in [6, 6.07) is 0. The maximum Gasteiger partial charge on any atom is 0.0593 e. The first-order valence-electron chi connectivity index (χ1n) is 5.27. The lowest BCUT2D eigenvalue weighted by Crippen LogP contribution is -2.25. The fraction of sp³-hybridized carbons (Fsp3) is 1.00. The summed E-state index contributed by atoms with van der Waals surface area (Å²) >= 11 is 4.09. The van der Waals surface area contributed by atoms with Gasteiger partial charge in [-0.25, -0.2) is 0 Å². The number of likely N-dealkylation sites (tertiary alicyclic amines) is 1. The van der Waals surface area contributed by atoms with Crippen molar-refractivity contribution in [2.24, 2.45) is 5.92 Å². The van der Waals surface area contributed by atoms with E-state index in [1.807, 2.05) is 0 Å². The molecule has 13 heavy (non-hydrogen) atoms. The van der Waals surface area contributed by atoms with E-state index in [4.69, 9.17) is 4.74 Å². The fourth-order valence-corrected chi connectivity index (χ4v) is 1.94. The van der Waals surface area contributed by atoms with Crippen molar-refractivity contribution in [3.63, 3.8) is 0 Å². The van der Waals surface area contributed by atoms with Crippen LogP contribution in [0.4, 0.5) is 0 Å². The Morgan fingerprint density at radius 3 is 2.92 bits per heavy atom. The monoisotopic (exact) mass is 203 g/mol. The molecule has 2 nitrogen and oxygen atoms in total. The molecule has 0 amide bonds. The average Bonchev–Trinajstić information content (AvgIpc) is 2.60. The molecule has 1 fully saturated rings. The van der Waals surface area contributed by atoms with Gasteiger partial charge in [-0.1, -0.05) is 13.3 Å². The van der Waals surface area contributed by atoms with Crippen molar-refractivity contribution in [2.75, 3.05) is 38.6 Å². The molecule has 0 aliphatic carbocycles. The van der Waals surface area contributed by atoms with Gasteiger partial charge in [0.05, 0.1) is 13.2 Å². The first kappa shape index (κ1) is 11.3. The maximum atomic E-state index is 5.40. The molecule has 0 aromatic rings. The largest absolute Gasteiger partial charge is 0.379 e. The molecule has 78 valence electrons. The number of nitrogens with zero attached hydrogens (tertiary/aromatic N) is 1. The van der Waals surface area contributed by atoms with Crippen molar-refractivity contribution in [1.29, 1.82) is 0 Å². The molecular formula is C10H21NOS. The van der Waals surface area contributed by atoms with E-state index in [2.05, 4.69) is 24.5 Å². The summed E-state index contributed by atoms with van der Waals surface area (Å²) in [5.41, 5.74) is 0. The van der Waals surface area contributed by atoms with Gasteiger partial charge in [0.2, 0.25) is 0 Å². The zero-order valence-electron chi connectivity index (χ0n) is 8.54. The molecule has 1 saturated heterocycles. The van der Waals surface area contributed by atoms with Crippen molar-refractivity contribution in [3.05, 3.63) is 0 Å². The summed E-state index contributed by atoms with van der Waals surface area (Å²) in [7, 11) is 0. The smallest absolute Gasteiger partial charge is 0.0593 e. The van der Waals surface area contributed by atoms with Gasteiger partial charge < -0.3 is 9.64 Å². The summed E-state index contributed by atoms with van der Waals surface area (Å²) in [4.78, 5) is 2.51. The zero-order valence-corrected chi connectivity index (χ0v) is 9.43. The molecular weight excluding hydrogens is 182 g/mol. The molecule has 1 rings (SSSR count). The van der Waals surface area contributed by atoms with E-state index in [1.54, 1.807) is 0 Å². The Morgan fingerprint density at radius 1 is 1.46 bits per heavy atom. The van der Waals surface area contributed by atoms with Crippen LogP contribution in [0, 0.1) is 5.92 Å². The Hall–Kier alpha value is 0.270. The highest BCUT2D eigenvalue weighted by atomic mass is 32.1. The number of rotatable bonds is 6. The molecule has 3 heteroatoms. The lowest BCUT2D eigenvalue weighted by Gasteiger charge is -2.15. The molecule has 0 aromatic carbocycles. The summed E-state index contributed by atoms with van der Waals surface area (Å²) in [6.45, 7) is 7.59. The van der Waals surface area contributed by atoms with Crippen LogP contribution in [0.2, 0.25) is 0 Å². The van der Waals surface area contributed by atoms with Crippen molar-refractivity contribution in [2.45, 2.75) is 19.8 Å². The van der Waals surface area contributed by atoms with E-state index in [0.29, 0.717) is 0 Å². The highest BCUT2D eigenvalue weighted by Gasteiger charge is 2.19. The first-order valence-corrected chi connectivity index (χ1v) is 5.91. The second-order valence-corrected chi connectivity index (χ2v) is 4.15. The van der Waals surface area contributed by atoms with Crippen LogP contribution in [0.1, 0.15) is 19.8 Å². The molecule has 0 radical (unpaired) electrons. The third-order valence-electron chi connectivity index (χ3n) is 2.73. The van der Waals surface area contributed by atoms with Crippen LogP contribution < -0.4 is 0 Å². The second-order valence-electron chi connectivity index (χ2n) is 3.70. The van der Waals surface area contributed by atoms with Crippen molar-refractivity contribution in [3.8, 4) is 0 Å². The van der Waals surface area contributed by atoms with Crippen LogP contribution in [0.15, 0.2) is 0 Å². The molecule has 1 aliphatic heterocycles. The van der Waals surface area contributed by atoms with E-state index in [1.165, 1.54) is 25.9 Å². The summed E-state index contributed by atoms with van der Waals surface area (Å²) in [5, 5.41) is 0. The van der Waals surface area contributed by atoms with Gasteiger partial charge in [-0.2, -0.15) is 12.6 Å². The summed E-state index contributed by atoms with van der Waals surface area (Å²) in [5.74, 6) is 1.77. The SMILES string of the molecule is CCC1CCN(CCOCCS)C1. The molecule has 0 spiro atoms. The normalized spacial score (nSPS) is 24.0. The second kappa shape index (κ2) is 6.68. The predicted octanol–water partition coefficient (Wildman–Crippen LogP) is 1.66. The van der Waals surface area contributed by atoms with E-state index in [0.717, 1.165) is 31.4 Å². The third kappa shape index (κ3) is 4.34. The van der Waals surface area contributed by atoms with Crippen LogP contribution >= 0.6 is 12.6 Å². The lowest BCUT2D eigenvalue weighted by molar-refractivity contribution is 0.122. The third-order valence-corrected chi connectivity index (χ3v) is 2.92. The molecule has 1 heterocycles. The van der Waals surface area contributed by atoms with Crippen LogP contribution in [0.5, 0.6) is 0 Å². The zero-order chi connectivity index (χ0) is 9.52. The highest BCUT2D eigenvalue weighted by Crippen LogP contribution is 2.18. The molecule has 0 aromatic heterocycles. The van der Waals surface area contributed by atoms with Gasteiger partial charge in [-0.3, -0.25) is 0 Å². The highest BCUT2D eigenvalue weighted by molar-refractivity contribution is 7.80.